The Morgan fingerprint density at radius 2 is 1.86 bits per heavy atom. The van der Waals surface area contributed by atoms with Crippen molar-refractivity contribution in [3.63, 3.8) is 0 Å². The van der Waals surface area contributed by atoms with Crippen molar-refractivity contribution in [3.05, 3.63) is 59.4 Å². The number of aliphatic carboxylic acids is 1. The van der Waals surface area contributed by atoms with Crippen LogP contribution in [0.2, 0.25) is 0 Å². The molecule has 1 atom stereocenters. The van der Waals surface area contributed by atoms with Crippen molar-refractivity contribution in [3.8, 4) is 11.5 Å². The number of benzene rings is 2. The Morgan fingerprint density at radius 3 is 2.59 bits per heavy atom. The quantitative estimate of drug-likeness (QED) is 0.943. The molecule has 0 aliphatic carbocycles. The highest BCUT2D eigenvalue weighted by Crippen LogP contribution is 2.34. The van der Waals surface area contributed by atoms with Crippen molar-refractivity contribution in [2.45, 2.75) is 12.3 Å². The number of halogens is 1. The highest BCUT2D eigenvalue weighted by Gasteiger charge is 2.24. The molecule has 1 aliphatic heterocycles. The molecule has 0 amide bonds. The van der Waals surface area contributed by atoms with Gasteiger partial charge in [-0.1, -0.05) is 24.3 Å². The Bertz CT molecular complexity index is 699. The molecule has 0 saturated heterocycles. The van der Waals surface area contributed by atoms with Crippen molar-refractivity contribution < 1.29 is 23.8 Å². The zero-order valence-corrected chi connectivity index (χ0v) is 11.8. The van der Waals surface area contributed by atoms with Gasteiger partial charge in [0.2, 0.25) is 0 Å². The standard InChI is InChI=1S/C17H15FO4/c18-14-4-2-1-3-12(14)9-13(17(19)20)11-5-6-15-16(10-11)22-8-7-21-15/h1-6,10,13H,7-9H2,(H,19,20). The molecule has 1 unspecified atom stereocenters. The van der Waals surface area contributed by atoms with Crippen LogP contribution in [0.15, 0.2) is 42.5 Å². The summed E-state index contributed by atoms with van der Waals surface area (Å²) in [6.07, 6.45) is 0.0850. The van der Waals surface area contributed by atoms with Gasteiger partial charge in [-0.2, -0.15) is 0 Å². The molecule has 2 aromatic rings. The summed E-state index contributed by atoms with van der Waals surface area (Å²) in [6.45, 7) is 0.908. The molecule has 5 heteroatoms. The fourth-order valence-electron chi connectivity index (χ4n) is 2.51. The van der Waals surface area contributed by atoms with Crippen LogP contribution in [0.5, 0.6) is 11.5 Å². The lowest BCUT2D eigenvalue weighted by molar-refractivity contribution is -0.138. The first-order valence-electron chi connectivity index (χ1n) is 7.01. The summed E-state index contributed by atoms with van der Waals surface area (Å²) in [5.41, 5.74) is 0.949. The number of carboxylic acid groups (broad SMARTS) is 1. The molecule has 0 radical (unpaired) electrons. The van der Waals surface area contributed by atoms with Crippen LogP contribution in [0.4, 0.5) is 4.39 Å². The third kappa shape index (κ3) is 2.88. The van der Waals surface area contributed by atoms with E-state index in [4.69, 9.17) is 9.47 Å². The number of fused-ring (bicyclic) bond motifs is 1. The smallest absolute Gasteiger partial charge is 0.311 e. The predicted octanol–water partition coefficient (Wildman–Crippen LogP) is 3.01. The summed E-state index contributed by atoms with van der Waals surface area (Å²) in [5.74, 6) is -1.10. The molecule has 0 bridgehead atoms. The van der Waals surface area contributed by atoms with Gasteiger partial charge in [0, 0.05) is 0 Å². The molecule has 0 saturated carbocycles. The highest BCUT2D eigenvalue weighted by atomic mass is 19.1. The third-order valence-electron chi connectivity index (χ3n) is 3.65. The first kappa shape index (κ1) is 14.4. The number of carbonyl (C=O) groups is 1. The van der Waals surface area contributed by atoms with Gasteiger partial charge in [-0.15, -0.1) is 0 Å². The highest BCUT2D eigenvalue weighted by molar-refractivity contribution is 5.77. The summed E-state index contributed by atoms with van der Waals surface area (Å²) in [7, 11) is 0. The monoisotopic (exact) mass is 302 g/mol. The zero-order valence-electron chi connectivity index (χ0n) is 11.8. The van der Waals surface area contributed by atoms with E-state index in [1.54, 1.807) is 36.4 Å². The van der Waals surface area contributed by atoms with E-state index in [0.717, 1.165) is 0 Å². The van der Waals surface area contributed by atoms with E-state index in [1.165, 1.54) is 6.07 Å². The van der Waals surface area contributed by atoms with Crippen LogP contribution in [0.3, 0.4) is 0 Å². The van der Waals surface area contributed by atoms with Crippen LogP contribution in [-0.2, 0) is 11.2 Å². The first-order chi connectivity index (χ1) is 10.6. The lowest BCUT2D eigenvalue weighted by Gasteiger charge is -2.20. The van der Waals surface area contributed by atoms with E-state index in [1.807, 2.05) is 0 Å². The van der Waals surface area contributed by atoms with E-state index < -0.39 is 17.7 Å². The molecule has 22 heavy (non-hydrogen) atoms. The molecule has 0 fully saturated rings. The molecular formula is C17H15FO4. The lowest BCUT2D eigenvalue weighted by Crippen LogP contribution is -2.18. The molecule has 3 rings (SSSR count). The minimum Gasteiger partial charge on any atom is -0.486 e. The largest absolute Gasteiger partial charge is 0.486 e. The van der Waals surface area contributed by atoms with Crippen LogP contribution >= 0.6 is 0 Å². The number of rotatable bonds is 4. The summed E-state index contributed by atoms with van der Waals surface area (Å²) >= 11 is 0. The maximum absolute atomic E-state index is 13.8. The van der Waals surface area contributed by atoms with Crippen molar-refractivity contribution in [2.24, 2.45) is 0 Å². The molecule has 4 nitrogen and oxygen atoms in total. The fraction of sp³-hybridized carbons (Fsp3) is 0.235. The van der Waals surface area contributed by atoms with E-state index in [0.29, 0.717) is 35.8 Å². The molecule has 1 N–H and O–H groups in total. The van der Waals surface area contributed by atoms with Gasteiger partial charge in [-0.25, -0.2) is 4.39 Å². The van der Waals surface area contributed by atoms with Gasteiger partial charge in [0.1, 0.15) is 19.0 Å². The van der Waals surface area contributed by atoms with E-state index in [2.05, 4.69) is 0 Å². The molecule has 0 aromatic heterocycles. The molecule has 0 spiro atoms. The van der Waals surface area contributed by atoms with Gasteiger partial charge in [-0.3, -0.25) is 4.79 Å². The van der Waals surface area contributed by atoms with Crippen LogP contribution in [0.25, 0.3) is 0 Å². The summed E-state index contributed by atoms with van der Waals surface area (Å²) in [5, 5.41) is 9.49. The SMILES string of the molecule is O=C(O)C(Cc1ccccc1F)c1ccc2c(c1)OCCO2. The number of ether oxygens (including phenoxy) is 2. The number of carboxylic acids is 1. The number of hydrogen-bond donors (Lipinski definition) is 1. The van der Waals surface area contributed by atoms with Crippen molar-refractivity contribution in [2.75, 3.05) is 13.2 Å². The predicted molar refractivity (Wildman–Crippen MR) is 77.9 cm³/mol. The minimum atomic E-state index is -1.00. The van der Waals surface area contributed by atoms with E-state index in [9.17, 15) is 14.3 Å². The second-order valence-electron chi connectivity index (χ2n) is 5.09. The summed E-state index contributed by atoms with van der Waals surface area (Å²) < 4.78 is 24.7. The Balaban J connectivity index is 1.91. The Hall–Kier alpha value is -2.56. The van der Waals surface area contributed by atoms with E-state index >= 15 is 0 Å². The Kier molecular flexibility index (Phi) is 3.96. The average molecular weight is 302 g/mol. The Labute approximate surface area is 127 Å². The third-order valence-corrected chi connectivity index (χ3v) is 3.65. The maximum Gasteiger partial charge on any atom is 0.311 e. The van der Waals surface area contributed by atoms with Crippen molar-refractivity contribution in [1.82, 2.24) is 0 Å². The normalized spacial score (nSPS) is 14.4. The van der Waals surface area contributed by atoms with E-state index in [-0.39, 0.29) is 6.42 Å². The van der Waals surface area contributed by atoms with Crippen LogP contribution in [0, 0.1) is 5.82 Å². The van der Waals surface area contributed by atoms with Crippen molar-refractivity contribution >= 4 is 5.97 Å². The number of hydrogen-bond acceptors (Lipinski definition) is 3. The van der Waals surface area contributed by atoms with Gasteiger partial charge in [0.25, 0.3) is 0 Å². The molecule has 114 valence electrons. The van der Waals surface area contributed by atoms with Gasteiger partial charge < -0.3 is 14.6 Å². The minimum absolute atomic E-state index is 0.0850. The fourth-order valence-corrected chi connectivity index (χ4v) is 2.51. The van der Waals surface area contributed by atoms with Gasteiger partial charge in [0.15, 0.2) is 11.5 Å². The van der Waals surface area contributed by atoms with Crippen molar-refractivity contribution in [1.29, 1.82) is 0 Å². The van der Waals surface area contributed by atoms with Crippen LogP contribution in [0.1, 0.15) is 17.0 Å². The molecule has 1 aliphatic rings. The summed E-state index contributed by atoms with van der Waals surface area (Å²) in [6, 6.07) is 11.3. The molecular weight excluding hydrogens is 287 g/mol. The van der Waals surface area contributed by atoms with Crippen LogP contribution in [-0.4, -0.2) is 24.3 Å². The van der Waals surface area contributed by atoms with Gasteiger partial charge >= 0.3 is 5.97 Å². The van der Waals surface area contributed by atoms with Crippen LogP contribution < -0.4 is 9.47 Å². The second-order valence-corrected chi connectivity index (χ2v) is 5.09. The molecule has 1 heterocycles. The van der Waals surface area contributed by atoms with Gasteiger partial charge in [0.05, 0.1) is 5.92 Å². The summed E-state index contributed by atoms with van der Waals surface area (Å²) in [4.78, 5) is 11.6. The Morgan fingerprint density at radius 1 is 1.14 bits per heavy atom. The van der Waals surface area contributed by atoms with Gasteiger partial charge in [-0.05, 0) is 35.7 Å². The lowest BCUT2D eigenvalue weighted by atomic mass is 9.91. The maximum atomic E-state index is 13.8. The first-order valence-corrected chi connectivity index (χ1v) is 7.01. The zero-order chi connectivity index (χ0) is 15.5. The average Bonchev–Trinajstić information content (AvgIpc) is 2.53. The topological polar surface area (TPSA) is 55.8 Å². The second kappa shape index (κ2) is 6.05. The molecule has 2 aromatic carbocycles.